The molecule has 1 N–H and O–H groups in total. The van der Waals surface area contributed by atoms with E-state index in [4.69, 9.17) is 4.74 Å². The third kappa shape index (κ3) is 7.64. The molecule has 1 aromatic carbocycles. The van der Waals surface area contributed by atoms with Crippen LogP contribution in [0, 0.1) is 0 Å². The molecule has 0 saturated heterocycles. The summed E-state index contributed by atoms with van der Waals surface area (Å²) in [7, 11) is 0. The third-order valence-corrected chi connectivity index (χ3v) is 6.71. The van der Waals surface area contributed by atoms with Gasteiger partial charge in [0, 0.05) is 12.1 Å². The molecule has 0 heterocycles. The molecule has 0 aromatic heterocycles. The molecule has 0 atom stereocenters. The number of carbonyl (C=O) groups is 1. The van der Waals surface area contributed by atoms with Crippen LogP contribution < -0.4 is 10.1 Å². The topological polar surface area (TPSA) is 38.3 Å². The summed E-state index contributed by atoms with van der Waals surface area (Å²) in [4.78, 5) is 11.8. The first kappa shape index (κ1) is 26.0. The second kappa shape index (κ2) is 10.8. The van der Waals surface area contributed by atoms with Gasteiger partial charge in [-0.2, -0.15) is 0 Å². The molecular formula is C22H34Br3NO2. The highest BCUT2D eigenvalue weighted by Crippen LogP contribution is 2.38. The molecule has 0 unspecified atom stereocenters. The number of amides is 1. The van der Waals surface area contributed by atoms with Gasteiger partial charge in [-0.3, -0.25) is 4.79 Å². The number of nitrogens with one attached hydrogen (secondary N) is 1. The Kier molecular flexibility index (Phi) is 10.0. The van der Waals surface area contributed by atoms with Gasteiger partial charge in [0.1, 0.15) is 5.75 Å². The van der Waals surface area contributed by atoms with E-state index >= 15 is 0 Å². The molecular weight excluding hydrogens is 550 g/mol. The Balaban J connectivity index is 2.74. The maximum absolute atomic E-state index is 11.8. The molecule has 6 heteroatoms. The smallest absolute Gasteiger partial charge is 0.258 e. The molecule has 28 heavy (non-hydrogen) atoms. The van der Waals surface area contributed by atoms with Crippen LogP contribution in [0.3, 0.4) is 0 Å². The van der Waals surface area contributed by atoms with Crippen molar-refractivity contribution in [2.75, 3.05) is 13.2 Å². The quantitative estimate of drug-likeness (QED) is 0.234. The average Bonchev–Trinajstić information content (AvgIpc) is 2.63. The molecule has 0 saturated carbocycles. The van der Waals surface area contributed by atoms with Crippen molar-refractivity contribution < 1.29 is 9.53 Å². The number of hydrogen-bond acceptors (Lipinski definition) is 2. The van der Waals surface area contributed by atoms with Gasteiger partial charge in [0.25, 0.3) is 5.91 Å². The van der Waals surface area contributed by atoms with E-state index in [0.29, 0.717) is 13.2 Å². The molecule has 0 fully saturated rings. The van der Waals surface area contributed by atoms with Crippen molar-refractivity contribution in [2.45, 2.75) is 80.2 Å². The van der Waals surface area contributed by atoms with E-state index in [-0.39, 0.29) is 16.7 Å². The minimum atomic E-state index is -0.891. The lowest BCUT2D eigenvalue weighted by Crippen LogP contribution is -2.34. The number of hydrogen-bond donors (Lipinski definition) is 1. The maximum atomic E-state index is 11.8. The van der Waals surface area contributed by atoms with E-state index in [1.54, 1.807) is 0 Å². The van der Waals surface area contributed by atoms with Crippen molar-refractivity contribution in [1.29, 1.82) is 0 Å². The fraction of sp³-hybridized carbons (Fsp3) is 0.682. The molecule has 0 spiro atoms. The zero-order valence-corrected chi connectivity index (χ0v) is 22.7. The zero-order valence-electron chi connectivity index (χ0n) is 17.9. The van der Waals surface area contributed by atoms with Crippen molar-refractivity contribution in [3.05, 3.63) is 29.3 Å². The van der Waals surface area contributed by atoms with E-state index in [1.807, 2.05) is 0 Å². The Morgan fingerprint density at radius 1 is 1.00 bits per heavy atom. The van der Waals surface area contributed by atoms with Gasteiger partial charge in [-0.15, -0.1) is 0 Å². The summed E-state index contributed by atoms with van der Waals surface area (Å²) in [6, 6.07) is 6.68. The summed E-state index contributed by atoms with van der Waals surface area (Å²) in [5.74, 6) is 0.835. The van der Waals surface area contributed by atoms with Gasteiger partial charge in [-0.1, -0.05) is 53.7 Å². The van der Waals surface area contributed by atoms with E-state index in [1.165, 1.54) is 11.1 Å². The van der Waals surface area contributed by atoms with Crippen LogP contribution in [-0.2, 0) is 15.6 Å². The third-order valence-electron chi connectivity index (χ3n) is 5.63. The Morgan fingerprint density at radius 3 is 2.14 bits per heavy atom. The predicted octanol–water partition coefficient (Wildman–Crippen LogP) is 7.18. The van der Waals surface area contributed by atoms with Gasteiger partial charge < -0.3 is 10.1 Å². The number of benzene rings is 1. The molecule has 0 radical (unpaired) electrons. The lowest BCUT2D eigenvalue weighted by atomic mass is 9.76. The number of ether oxygens (including phenoxy) is 1. The maximum Gasteiger partial charge on any atom is 0.258 e. The highest BCUT2D eigenvalue weighted by atomic mass is 80.0. The summed E-state index contributed by atoms with van der Waals surface area (Å²) in [6.07, 6.45) is 3.90. The van der Waals surface area contributed by atoms with Gasteiger partial charge >= 0.3 is 0 Å². The fourth-order valence-corrected chi connectivity index (χ4v) is 3.13. The molecule has 160 valence electrons. The van der Waals surface area contributed by atoms with Gasteiger partial charge in [-0.25, -0.2) is 0 Å². The van der Waals surface area contributed by atoms with Crippen molar-refractivity contribution in [1.82, 2.24) is 5.32 Å². The standard InChI is InChI=1S/C22H34Br3NO2/c1-7-20(3,4)16-11-12-18(17(15-16)21(5,6)8-2)28-14-10-9-13-26-19(27)22(23,24)25/h11-12,15H,7-10,13-14H2,1-6H3,(H,26,27). The highest BCUT2D eigenvalue weighted by Gasteiger charge is 2.28. The van der Waals surface area contributed by atoms with E-state index in [2.05, 4.69) is 113 Å². The number of rotatable bonds is 10. The number of halogens is 3. The van der Waals surface area contributed by atoms with Gasteiger partial charge in [0.2, 0.25) is 2.14 Å². The van der Waals surface area contributed by atoms with Crippen molar-refractivity contribution in [3.63, 3.8) is 0 Å². The van der Waals surface area contributed by atoms with Crippen LogP contribution in [0.1, 0.15) is 78.4 Å². The number of carbonyl (C=O) groups excluding carboxylic acids is 1. The van der Waals surface area contributed by atoms with Crippen molar-refractivity contribution >= 4 is 53.7 Å². The Morgan fingerprint density at radius 2 is 1.61 bits per heavy atom. The SMILES string of the molecule is CCC(C)(C)c1ccc(OCCCCNC(=O)C(Br)(Br)Br)c(C(C)(C)CC)c1. The normalized spacial score (nSPS) is 12.8. The fourth-order valence-electron chi connectivity index (χ4n) is 2.71. The van der Waals surface area contributed by atoms with Crippen LogP contribution in [0.5, 0.6) is 5.75 Å². The first-order valence-corrected chi connectivity index (χ1v) is 12.4. The second-order valence-corrected chi connectivity index (χ2v) is 15.3. The van der Waals surface area contributed by atoms with Gasteiger partial charge in [0.15, 0.2) is 0 Å². The minimum absolute atomic E-state index is 0.0636. The largest absolute Gasteiger partial charge is 0.493 e. The predicted molar refractivity (Wildman–Crippen MR) is 130 cm³/mol. The number of unbranched alkanes of at least 4 members (excludes halogenated alkanes) is 1. The van der Waals surface area contributed by atoms with Crippen LogP contribution in [-0.4, -0.2) is 21.2 Å². The van der Waals surface area contributed by atoms with Crippen molar-refractivity contribution in [3.8, 4) is 5.75 Å². The number of alkyl halides is 3. The Labute approximate surface area is 196 Å². The van der Waals surface area contributed by atoms with E-state index in [0.717, 1.165) is 31.4 Å². The first-order valence-electron chi connectivity index (χ1n) is 9.98. The van der Waals surface area contributed by atoms with Crippen molar-refractivity contribution in [2.24, 2.45) is 0 Å². The molecule has 1 rings (SSSR count). The highest BCUT2D eigenvalue weighted by molar-refractivity contribution is 9.40. The molecule has 1 aromatic rings. The summed E-state index contributed by atoms with van der Waals surface area (Å²) >= 11 is 9.64. The Bertz CT molecular complexity index is 652. The minimum Gasteiger partial charge on any atom is -0.493 e. The summed E-state index contributed by atoms with van der Waals surface area (Å²) < 4.78 is 5.27. The van der Waals surface area contributed by atoms with Crippen LogP contribution in [0.2, 0.25) is 0 Å². The molecule has 3 nitrogen and oxygen atoms in total. The van der Waals surface area contributed by atoms with Gasteiger partial charge in [0.05, 0.1) is 6.61 Å². The second-order valence-electron chi connectivity index (χ2n) is 8.50. The molecule has 0 bridgehead atoms. The lowest BCUT2D eigenvalue weighted by Gasteiger charge is -2.30. The van der Waals surface area contributed by atoms with E-state index in [9.17, 15) is 4.79 Å². The van der Waals surface area contributed by atoms with Gasteiger partial charge in [-0.05, 0) is 95.9 Å². The summed E-state index contributed by atoms with van der Waals surface area (Å²) in [5.41, 5.74) is 2.87. The summed E-state index contributed by atoms with van der Waals surface area (Å²) in [5, 5.41) is 2.86. The molecule has 0 aliphatic heterocycles. The molecule has 1 amide bonds. The Hall–Kier alpha value is -0.0700. The summed E-state index contributed by atoms with van der Waals surface area (Å²) in [6.45, 7) is 14.9. The first-order chi connectivity index (χ1) is 12.8. The van der Waals surface area contributed by atoms with E-state index < -0.39 is 2.14 Å². The van der Waals surface area contributed by atoms with Crippen LogP contribution in [0.25, 0.3) is 0 Å². The average molecular weight is 584 g/mol. The zero-order chi connectivity index (χ0) is 21.6. The van der Waals surface area contributed by atoms with Crippen LogP contribution in [0.4, 0.5) is 0 Å². The molecule has 0 aliphatic carbocycles. The monoisotopic (exact) mass is 581 g/mol. The van der Waals surface area contributed by atoms with Crippen LogP contribution in [0.15, 0.2) is 18.2 Å². The van der Waals surface area contributed by atoms with Crippen LogP contribution >= 0.6 is 47.8 Å². The molecule has 0 aliphatic rings. The lowest BCUT2D eigenvalue weighted by molar-refractivity contribution is -0.119.